The van der Waals surface area contributed by atoms with E-state index in [0.717, 1.165) is 17.5 Å². The van der Waals surface area contributed by atoms with Gasteiger partial charge in [-0.25, -0.2) is 0 Å². The Balaban J connectivity index is 2.29. The van der Waals surface area contributed by atoms with Crippen LogP contribution in [0.15, 0.2) is 48.5 Å². The topological polar surface area (TPSA) is 92.6 Å². The molecule has 0 aliphatic carbocycles. The zero-order chi connectivity index (χ0) is 21.4. The molecule has 0 saturated carbocycles. The number of para-hydroxylation sites is 1. The first-order valence-electron chi connectivity index (χ1n) is 9.68. The molecule has 2 rings (SSSR count). The quantitative estimate of drug-likeness (QED) is 0.518. The predicted octanol–water partition coefficient (Wildman–Crippen LogP) is 3.39. The van der Waals surface area contributed by atoms with Gasteiger partial charge in [0.05, 0.1) is 11.3 Å². The van der Waals surface area contributed by atoms with Crippen molar-refractivity contribution in [1.29, 1.82) is 0 Å². The first-order valence-corrected chi connectivity index (χ1v) is 9.68. The molecular formula is C22H27N3O4. The van der Waals surface area contributed by atoms with E-state index in [1.54, 1.807) is 25.1 Å². The van der Waals surface area contributed by atoms with Gasteiger partial charge in [-0.3, -0.25) is 19.7 Å². The molecule has 0 spiro atoms. The van der Waals surface area contributed by atoms with Crippen LogP contribution >= 0.6 is 0 Å². The zero-order valence-corrected chi connectivity index (χ0v) is 17.1. The Morgan fingerprint density at radius 3 is 2.55 bits per heavy atom. The van der Waals surface area contributed by atoms with Gasteiger partial charge in [-0.15, -0.1) is 0 Å². The van der Waals surface area contributed by atoms with Crippen LogP contribution in [0.4, 0.5) is 5.69 Å². The van der Waals surface area contributed by atoms with Gasteiger partial charge in [0.2, 0.25) is 11.8 Å². The Kier molecular flexibility index (Phi) is 7.88. The van der Waals surface area contributed by atoms with E-state index >= 15 is 0 Å². The highest BCUT2D eigenvalue weighted by molar-refractivity contribution is 5.88. The fourth-order valence-corrected chi connectivity index (χ4v) is 3.09. The number of nitrogens with zero attached hydrogens (tertiary/aromatic N) is 2. The monoisotopic (exact) mass is 397 g/mol. The summed E-state index contributed by atoms with van der Waals surface area (Å²) in [5.74, 6) is -0.574. The molecule has 0 saturated heterocycles. The molecular weight excluding hydrogens is 370 g/mol. The van der Waals surface area contributed by atoms with E-state index in [9.17, 15) is 19.7 Å². The minimum absolute atomic E-state index is 0.0977. The molecule has 2 amide bonds. The number of hydrogen-bond acceptors (Lipinski definition) is 4. The lowest BCUT2D eigenvalue weighted by atomic mass is 10.1. The first kappa shape index (κ1) is 22.1. The van der Waals surface area contributed by atoms with Crippen molar-refractivity contribution in [2.75, 3.05) is 6.54 Å². The lowest BCUT2D eigenvalue weighted by Crippen LogP contribution is -2.48. The number of rotatable bonds is 9. The number of nitro benzene ring substituents is 1. The highest BCUT2D eigenvalue weighted by Crippen LogP contribution is 2.20. The molecule has 0 fully saturated rings. The second-order valence-electron chi connectivity index (χ2n) is 7.04. The van der Waals surface area contributed by atoms with E-state index in [4.69, 9.17) is 0 Å². The molecule has 1 unspecified atom stereocenters. The molecule has 0 aromatic heterocycles. The molecule has 154 valence electrons. The average molecular weight is 397 g/mol. The zero-order valence-electron chi connectivity index (χ0n) is 17.1. The number of carbonyl (C=O) groups excluding carboxylic acids is 2. The van der Waals surface area contributed by atoms with Crippen LogP contribution in [0, 0.1) is 17.0 Å². The highest BCUT2D eigenvalue weighted by atomic mass is 16.6. The maximum Gasteiger partial charge on any atom is 0.273 e. The molecule has 2 aromatic carbocycles. The van der Waals surface area contributed by atoms with Crippen molar-refractivity contribution < 1.29 is 14.5 Å². The number of carbonyl (C=O) groups is 2. The van der Waals surface area contributed by atoms with E-state index in [1.165, 1.54) is 11.0 Å². The standard InChI is InChI=1S/C22H27N3O4/c1-4-12-23-22(27)17(3)24(15-18-9-7-8-16(2)13-18)21(26)14-19-10-5-6-11-20(19)25(28)29/h5-11,13,17H,4,12,14-15H2,1-3H3,(H,23,27). The van der Waals surface area contributed by atoms with Crippen molar-refractivity contribution in [2.45, 2.75) is 46.2 Å². The van der Waals surface area contributed by atoms with E-state index in [0.29, 0.717) is 12.1 Å². The average Bonchev–Trinajstić information content (AvgIpc) is 2.69. The van der Waals surface area contributed by atoms with Crippen LogP contribution in [0.3, 0.4) is 0 Å². The fourth-order valence-electron chi connectivity index (χ4n) is 3.09. The van der Waals surface area contributed by atoms with E-state index in [-0.39, 0.29) is 30.5 Å². The van der Waals surface area contributed by atoms with Gasteiger partial charge in [-0.05, 0) is 25.8 Å². The highest BCUT2D eigenvalue weighted by Gasteiger charge is 2.27. The van der Waals surface area contributed by atoms with Crippen LogP contribution in [0.1, 0.15) is 37.0 Å². The van der Waals surface area contributed by atoms with Crippen molar-refractivity contribution >= 4 is 17.5 Å². The van der Waals surface area contributed by atoms with Crippen molar-refractivity contribution in [1.82, 2.24) is 10.2 Å². The first-order chi connectivity index (χ1) is 13.8. The van der Waals surface area contributed by atoms with Crippen molar-refractivity contribution in [3.05, 3.63) is 75.3 Å². The molecule has 0 heterocycles. The number of nitrogens with one attached hydrogen (secondary N) is 1. The largest absolute Gasteiger partial charge is 0.354 e. The summed E-state index contributed by atoms with van der Waals surface area (Å²) in [6.45, 7) is 6.37. The SMILES string of the molecule is CCCNC(=O)C(C)N(Cc1cccc(C)c1)C(=O)Cc1ccccc1[N+](=O)[O-]. The summed E-state index contributed by atoms with van der Waals surface area (Å²) < 4.78 is 0. The maximum atomic E-state index is 13.1. The Morgan fingerprint density at radius 1 is 1.17 bits per heavy atom. The van der Waals surface area contributed by atoms with Crippen LogP contribution < -0.4 is 5.32 Å². The summed E-state index contributed by atoms with van der Waals surface area (Å²) in [7, 11) is 0. The Hall–Kier alpha value is -3.22. The maximum absolute atomic E-state index is 13.1. The van der Waals surface area contributed by atoms with Crippen LogP contribution in [0.2, 0.25) is 0 Å². The third-order valence-electron chi connectivity index (χ3n) is 4.68. The molecule has 1 atom stereocenters. The number of hydrogen-bond donors (Lipinski definition) is 1. The molecule has 7 heteroatoms. The van der Waals surface area contributed by atoms with Crippen LogP contribution in [0.25, 0.3) is 0 Å². The third kappa shape index (κ3) is 6.14. The number of aryl methyl sites for hydroxylation is 1. The smallest absolute Gasteiger partial charge is 0.273 e. The molecule has 1 N–H and O–H groups in total. The van der Waals surface area contributed by atoms with Gasteiger partial charge in [-0.2, -0.15) is 0 Å². The Labute approximate surface area is 170 Å². The van der Waals surface area contributed by atoms with E-state index < -0.39 is 11.0 Å². The van der Waals surface area contributed by atoms with Crippen molar-refractivity contribution in [2.24, 2.45) is 0 Å². The molecule has 7 nitrogen and oxygen atoms in total. The van der Waals surface area contributed by atoms with Gasteiger partial charge in [0.1, 0.15) is 6.04 Å². The molecule has 2 aromatic rings. The van der Waals surface area contributed by atoms with Crippen molar-refractivity contribution in [3.63, 3.8) is 0 Å². The summed E-state index contributed by atoms with van der Waals surface area (Å²) in [4.78, 5) is 37.9. The second kappa shape index (κ2) is 10.4. The summed E-state index contributed by atoms with van der Waals surface area (Å²) in [6.07, 6.45) is 0.648. The normalized spacial score (nSPS) is 11.6. The lowest BCUT2D eigenvalue weighted by molar-refractivity contribution is -0.385. The van der Waals surface area contributed by atoms with E-state index in [1.807, 2.05) is 38.1 Å². The summed E-state index contributed by atoms with van der Waals surface area (Å²) in [5, 5.41) is 14.1. The molecule has 0 aliphatic rings. The summed E-state index contributed by atoms with van der Waals surface area (Å²) in [5.41, 5.74) is 2.19. The second-order valence-corrected chi connectivity index (χ2v) is 7.04. The molecule has 0 radical (unpaired) electrons. The number of benzene rings is 2. The van der Waals surface area contributed by atoms with E-state index in [2.05, 4.69) is 5.32 Å². The van der Waals surface area contributed by atoms with Crippen molar-refractivity contribution in [3.8, 4) is 0 Å². The molecule has 0 bridgehead atoms. The fraction of sp³-hybridized carbons (Fsp3) is 0.364. The van der Waals surface area contributed by atoms with Crippen LogP contribution in [-0.2, 0) is 22.6 Å². The molecule has 29 heavy (non-hydrogen) atoms. The van der Waals surface area contributed by atoms with Gasteiger partial charge in [-0.1, -0.05) is 55.0 Å². The Morgan fingerprint density at radius 2 is 1.90 bits per heavy atom. The van der Waals surface area contributed by atoms with Crippen LogP contribution in [0.5, 0.6) is 0 Å². The predicted molar refractivity (Wildman–Crippen MR) is 111 cm³/mol. The summed E-state index contributed by atoms with van der Waals surface area (Å²) >= 11 is 0. The lowest BCUT2D eigenvalue weighted by Gasteiger charge is -2.29. The summed E-state index contributed by atoms with van der Waals surface area (Å²) in [6, 6.07) is 13.2. The Bertz CT molecular complexity index is 882. The third-order valence-corrected chi connectivity index (χ3v) is 4.68. The van der Waals surface area contributed by atoms with Gasteiger partial charge in [0.15, 0.2) is 0 Å². The molecule has 0 aliphatic heterocycles. The number of amides is 2. The van der Waals surface area contributed by atoms with Gasteiger partial charge in [0.25, 0.3) is 5.69 Å². The minimum atomic E-state index is -0.697. The van der Waals surface area contributed by atoms with Gasteiger partial charge >= 0.3 is 0 Å². The van der Waals surface area contributed by atoms with Gasteiger partial charge in [0, 0.05) is 24.7 Å². The van der Waals surface area contributed by atoms with Crippen LogP contribution in [-0.4, -0.2) is 34.2 Å². The number of nitro groups is 1. The van der Waals surface area contributed by atoms with Gasteiger partial charge < -0.3 is 10.2 Å². The minimum Gasteiger partial charge on any atom is -0.354 e.